The van der Waals surface area contributed by atoms with Crippen LogP contribution >= 0.6 is 15.6 Å². The highest BCUT2D eigenvalue weighted by Gasteiger charge is 2.30. The van der Waals surface area contributed by atoms with Crippen molar-refractivity contribution < 1.29 is 80.2 Å². The Morgan fingerprint density at radius 3 is 0.776 bits per heavy atom. The Labute approximate surface area is 600 Å². The summed E-state index contributed by atoms with van der Waals surface area (Å²) in [6.45, 7) is 12.0. The summed E-state index contributed by atoms with van der Waals surface area (Å²) in [6, 6.07) is 0. The van der Waals surface area contributed by atoms with Gasteiger partial charge in [0.25, 0.3) is 0 Å². The highest BCUT2D eigenvalue weighted by Crippen LogP contribution is 2.45. The fraction of sp³-hybridized carbons (Fsp3) is 0.949. The molecule has 0 rings (SSSR count). The number of carbonyl (C=O) groups is 4. The number of aliphatic hydroxyl groups excluding tert-OH is 1. The maximum Gasteiger partial charge on any atom is 0.472 e. The van der Waals surface area contributed by atoms with Gasteiger partial charge in [-0.15, -0.1) is 0 Å². The van der Waals surface area contributed by atoms with Crippen LogP contribution in [0.3, 0.4) is 0 Å². The number of phosphoric acid groups is 2. The molecule has 98 heavy (non-hydrogen) atoms. The molecular weight excluding hydrogens is 1280 g/mol. The average molecular weight is 1440 g/mol. The van der Waals surface area contributed by atoms with Gasteiger partial charge in [-0.05, 0) is 43.4 Å². The van der Waals surface area contributed by atoms with Crippen molar-refractivity contribution in [3.8, 4) is 0 Å². The van der Waals surface area contributed by atoms with E-state index in [1.165, 1.54) is 212 Å². The number of carbonyl (C=O) groups excluding carboxylic acids is 4. The van der Waals surface area contributed by atoms with Crippen molar-refractivity contribution >= 4 is 39.5 Å². The Kier molecular flexibility index (Phi) is 68.1. The molecule has 0 aromatic carbocycles. The minimum Gasteiger partial charge on any atom is -0.462 e. The number of rotatable bonds is 77. The van der Waals surface area contributed by atoms with Crippen molar-refractivity contribution in [2.24, 2.45) is 17.8 Å². The minimum atomic E-state index is -4.96. The van der Waals surface area contributed by atoms with Crippen molar-refractivity contribution in [1.82, 2.24) is 0 Å². The molecule has 17 nitrogen and oxygen atoms in total. The second-order valence-corrected chi connectivity index (χ2v) is 32.3. The topological polar surface area (TPSA) is 237 Å². The predicted molar refractivity (Wildman–Crippen MR) is 400 cm³/mol. The lowest BCUT2D eigenvalue weighted by Crippen LogP contribution is -2.30. The van der Waals surface area contributed by atoms with Gasteiger partial charge in [0.15, 0.2) is 12.2 Å². The second kappa shape index (κ2) is 69.4. The van der Waals surface area contributed by atoms with Crippen LogP contribution in [0.2, 0.25) is 0 Å². The zero-order valence-electron chi connectivity index (χ0n) is 64.3. The fourth-order valence-electron chi connectivity index (χ4n) is 12.1. The summed E-state index contributed by atoms with van der Waals surface area (Å²) in [7, 11) is -9.92. The van der Waals surface area contributed by atoms with Crippen LogP contribution in [-0.2, 0) is 65.4 Å². The summed E-state index contributed by atoms with van der Waals surface area (Å²) in [5, 5.41) is 10.6. The van der Waals surface area contributed by atoms with E-state index in [9.17, 15) is 43.2 Å². The zero-order chi connectivity index (χ0) is 72.3. The van der Waals surface area contributed by atoms with E-state index in [2.05, 4.69) is 48.5 Å². The maximum atomic E-state index is 13.1. The van der Waals surface area contributed by atoms with E-state index in [0.717, 1.165) is 114 Å². The molecule has 0 aromatic rings. The number of unbranched alkanes of at least 4 members (excludes halogenated alkanes) is 43. The molecule has 0 aliphatic rings. The molecule has 0 saturated carbocycles. The van der Waals surface area contributed by atoms with Crippen LogP contribution in [0.4, 0.5) is 0 Å². The molecular formula is C79H154O17P2. The number of esters is 4. The molecule has 0 aliphatic carbocycles. The van der Waals surface area contributed by atoms with Crippen molar-refractivity contribution in [3.63, 3.8) is 0 Å². The van der Waals surface area contributed by atoms with Gasteiger partial charge in [-0.25, -0.2) is 9.13 Å². The van der Waals surface area contributed by atoms with E-state index in [0.29, 0.717) is 25.7 Å². The van der Waals surface area contributed by atoms with Crippen LogP contribution in [0.25, 0.3) is 0 Å². The first-order valence-corrected chi connectivity index (χ1v) is 43.9. The maximum absolute atomic E-state index is 13.1. The summed E-state index contributed by atoms with van der Waals surface area (Å²) in [4.78, 5) is 73.0. The highest BCUT2D eigenvalue weighted by atomic mass is 31.2. The van der Waals surface area contributed by atoms with E-state index < -0.39 is 97.5 Å². The second-order valence-electron chi connectivity index (χ2n) is 29.4. The van der Waals surface area contributed by atoms with Gasteiger partial charge in [-0.3, -0.25) is 37.3 Å². The van der Waals surface area contributed by atoms with Crippen LogP contribution < -0.4 is 0 Å². The number of ether oxygens (including phenoxy) is 4. The van der Waals surface area contributed by atoms with E-state index in [4.69, 9.17) is 37.0 Å². The largest absolute Gasteiger partial charge is 0.472 e. The van der Waals surface area contributed by atoms with Gasteiger partial charge < -0.3 is 33.8 Å². The highest BCUT2D eigenvalue weighted by molar-refractivity contribution is 7.47. The third kappa shape index (κ3) is 69.8. The summed E-state index contributed by atoms with van der Waals surface area (Å²) >= 11 is 0. The van der Waals surface area contributed by atoms with Gasteiger partial charge in [0.05, 0.1) is 26.4 Å². The van der Waals surface area contributed by atoms with Crippen LogP contribution in [-0.4, -0.2) is 96.7 Å². The first-order chi connectivity index (χ1) is 47.3. The van der Waals surface area contributed by atoms with Gasteiger partial charge in [0.2, 0.25) is 0 Å². The van der Waals surface area contributed by atoms with Crippen molar-refractivity contribution in [2.75, 3.05) is 39.6 Å². The van der Waals surface area contributed by atoms with Crippen LogP contribution in [0.1, 0.15) is 408 Å². The average Bonchev–Trinajstić information content (AvgIpc) is 1.01. The molecule has 0 saturated heterocycles. The van der Waals surface area contributed by atoms with Crippen LogP contribution in [0.15, 0.2) is 0 Å². The van der Waals surface area contributed by atoms with Gasteiger partial charge in [0.1, 0.15) is 19.3 Å². The monoisotopic (exact) mass is 1440 g/mol. The van der Waals surface area contributed by atoms with Gasteiger partial charge in [-0.1, -0.05) is 357 Å². The van der Waals surface area contributed by atoms with E-state index in [1.54, 1.807) is 0 Å². The normalized spacial score (nSPS) is 14.6. The van der Waals surface area contributed by atoms with E-state index in [-0.39, 0.29) is 25.7 Å². The molecule has 0 amide bonds. The molecule has 0 heterocycles. The van der Waals surface area contributed by atoms with Crippen LogP contribution in [0, 0.1) is 17.8 Å². The van der Waals surface area contributed by atoms with E-state index in [1.807, 2.05) is 0 Å². The molecule has 0 bridgehead atoms. The molecule has 0 aliphatic heterocycles. The quantitative estimate of drug-likeness (QED) is 0.0222. The Morgan fingerprint density at radius 1 is 0.296 bits per heavy atom. The molecule has 0 fully saturated rings. The lowest BCUT2D eigenvalue weighted by molar-refractivity contribution is -0.161. The van der Waals surface area contributed by atoms with E-state index >= 15 is 0 Å². The van der Waals surface area contributed by atoms with Crippen LogP contribution in [0.5, 0.6) is 0 Å². The molecule has 4 unspecified atom stereocenters. The van der Waals surface area contributed by atoms with Crippen molar-refractivity contribution in [3.05, 3.63) is 0 Å². The third-order valence-electron chi connectivity index (χ3n) is 19.1. The summed E-state index contributed by atoms with van der Waals surface area (Å²) in [5.74, 6) is 0.245. The number of aliphatic hydroxyl groups is 1. The Balaban J connectivity index is 5.26. The molecule has 0 radical (unpaired) electrons. The molecule has 582 valence electrons. The smallest absolute Gasteiger partial charge is 0.462 e. The lowest BCUT2D eigenvalue weighted by Gasteiger charge is -2.21. The third-order valence-corrected chi connectivity index (χ3v) is 21.0. The van der Waals surface area contributed by atoms with Gasteiger partial charge in [-0.2, -0.15) is 0 Å². The first kappa shape index (κ1) is 96.1. The summed E-state index contributed by atoms with van der Waals surface area (Å²) in [5.41, 5.74) is 0. The molecule has 3 N–H and O–H groups in total. The number of hydrogen-bond donors (Lipinski definition) is 3. The molecule has 7 atom stereocenters. The summed E-state index contributed by atoms with van der Waals surface area (Å²) < 4.78 is 68.7. The zero-order valence-corrected chi connectivity index (χ0v) is 66.0. The standard InChI is InChI=1S/C79H154O17P2/c1-8-11-12-13-14-15-16-17-18-22-29-34-39-48-55-63-79(84)96-75(67-90-77(82)61-54-47-42-41-45-52-59-72(7)10-3)69-94-98(87,88)92-65-73(80)64-91-97(85,86)93-68-74(66-89-76(81)60-53-46-38-33-28-25-24-26-31-36-43-50-57-70(4)5)95-78(83)62-56-49-40-35-30-23-20-19-21-27-32-37-44-51-58-71(6)9-2/h70-75,80H,8-69H2,1-7H3,(H,85,86)(H,87,88)/t71?,72?,73-,74-,75-/m1/s1. The Morgan fingerprint density at radius 2 is 0.520 bits per heavy atom. The van der Waals surface area contributed by atoms with Gasteiger partial charge >= 0.3 is 39.5 Å². The lowest BCUT2D eigenvalue weighted by atomic mass is 9.99. The SMILES string of the molecule is CCCCCCCCCCCCCCCCCC(=O)O[C@H](COC(=O)CCCCCCCCC(C)CC)COP(=O)(O)OC[C@H](O)COP(=O)(O)OC[C@@H](COC(=O)CCCCCCCCCCCCCCC(C)C)OC(=O)CCCCCCCCCCCCCCCCC(C)CC. The fourth-order valence-corrected chi connectivity index (χ4v) is 13.6. The molecule has 0 spiro atoms. The first-order valence-electron chi connectivity index (χ1n) is 40.9. The number of phosphoric ester groups is 2. The van der Waals surface area contributed by atoms with Crippen molar-refractivity contribution in [2.45, 2.75) is 426 Å². The van der Waals surface area contributed by atoms with Crippen molar-refractivity contribution in [1.29, 1.82) is 0 Å². The van der Waals surface area contributed by atoms with Gasteiger partial charge in [0, 0.05) is 25.7 Å². The molecule has 0 aromatic heterocycles. The number of hydrogen-bond acceptors (Lipinski definition) is 15. The summed E-state index contributed by atoms with van der Waals surface area (Å²) in [6.07, 6.45) is 56.7. The predicted octanol–water partition coefficient (Wildman–Crippen LogP) is 23.4. The Hall–Kier alpha value is -1.94. The molecule has 19 heteroatoms. The Bertz CT molecular complexity index is 1910. The minimum absolute atomic E-state index is 0.107.